The maximum atomic E-state index is 15.0. The second-order valence-corrected chi connectivity index (χ2v) is 12.2. The molecule has 0 aromatic heterocycles. The number of benzene rings is 2. The first-order valence-electron chi connectivity index (χ1n) is 11.2. The summed E-state index contributed by atoms with van der Waals surface area (Å²) in [6.45, 7) is 1.83. The van der Waals surface area contributed by atoms with Gasteiger partial charge in [0, 0.05) is 44.5 Å². The Hall–Kier alpha value is -2.39. The normalized spacial score (nSPS) is 19.4. The molecule has 0 unspecified atom stereocenters. The van der Waals surface area contributed by atoms with Crippen LogP contribution in [0.5, 0.6) is 0 Å². The Morgan fingerprint density at radius 2 is 1.83 bits per heavy atom. The fraction of sp³-hybridized carbons (Fsp3) is 0.391. The molecule has 2 aliphatic rings. The van der Waals surface area contributed by atoms with Crippen LogP contribution in [-0.2, 0) is 25.2 Å². The lowest BCUT2D eigenvalue weighted by atomic mass is 10.2. The van der Waals surface area contributed by atoms with Crippen molar-refractivity contribution in [3.05, 3.63) is 57.6 Å². The van der Waals surface area contributed by atoms with Crippen molar-refractivity contribution in [1.82, 2.24) is 5.32 Å². The van der Waals surface area contributed by atoms with Gasteiger partial charge in [-0.2, -0.15) is 0 Å². The fourth-order valence-corrected chi connectivity index (χ4v) is 6.33. The van der Waals surface area contributed by atoms with E-state index < -0.39 is 31.2 Å². The number of hydrogen-bond acceptors (Lipinski definition) is 6. The zero-order chi connectivity index (χ0) is 26.0. The predicted octanol–water partition coefficient (Wildman–Crippen LogP) is 5.05. The highest BCUT2D eigenvalue weighted by Crippen LogP contribution is 2.50. The Bertz CT molecular complexity index is 1200. The average Bonchev–Trinajstić information content (AvgIpc) is 3.20. The van der Waals surface area contributed by atoms with Crippen molar-refractivity contribution in [2.45, 2.75) is 19.6 Å². The molecule has 13 heteroatoms. The molecule has 2 saturated heterocycles. The van der Waals surface area contributed by atoms with Gasteiger partial charge in [-0.15, -0.1) is 0 Å². The lowest BCUT2D eigenvalue weighted by molar-refractivity contribution is -0.119. The Morgan fingerprint density at radius 3 is 2.44 bits per heavy atom. The van der Waals surface area contributed by atoms with E-state index in [1.807, 2.05) is 0 Å². The molecular formula is C23H24Cl2F2N3O5P. The summed E-state index contributed by atoms with van der Waals surface area (Å²) in [5, 5.41) is 3.31. The van der Waals surface area contributed by atoms with Crippen molar-refractivity contribution in [2.75, 3.05) is 48.3 Å². The number of amides is 2. The number of carbonyl (C=O) groups excluding carboxylic acids is 2. The van der Waals surface area contributed by atoms with Gasteiger partial charge in [0.05, 0.1) is 35.4 Å². The molecule has 1 atom stereocenters. The van der Waals surface area contributed by atoms with Gasteiger partial charge in [0.2, 0.25) is 13.3 Å². The Morgan fingerprint density at radius 1 is 1.17 bits per heavy atom. The molecular weight excluding hydrogens is 538 g/mol. The summed E-state index contributed by atoms with van der Waals surface area (Å²) in [5.41, 5.74) is 0.475. The van der Waals surface area contributed by atoms with Gasteiger partial charge in [-0.3, -0.25) is 14.3 Å². The molecule has 2 fully saturated rings. The van der Waals surface area contributed by atoms with Crippen LogP contribution in [0.1, 0.15) is 12.5 Å². The van der Waals surface area contributed by atoms with Crippen molar-refractivity contribution in [2.24, 2.45) is 0 Å². The van der Waals surface area contributed by atoms with Crippen LogP contribution in [0.15, 0.2) is 30.3 Å². The summed E-state index contributed by atoms with van der Waals surface area (Å²) < 4.78 is 54.0. The molecule has 2 aromatic rings. The number of halogens is 4. The van der Waals surface area contributed by atoms with E-state index in [-0.39, 0.29) is 62.4 Å². The van der Waals surface area contributed by atoms with E-state index in [1.165, 1.54) is 11.8 Å². The molecule has 1 N–H and O–H groups in total. The second kappa shape index (κ2) is 10.9. The lowest BCUT2D eigenvalue weighted by Crippen LogP contribution is -2.36. The Kier molecular flexibility index (Phi) is 8.09. The summed E-state index contributed by atoms with van der Waals surface area (Å²) in [4.78, 5) is 25.9. The number of anilines is 2. The predicted molar refractivity (Wildman–Crippen MR) is 133 cm³/mol. The third-order valence-electron chi connectivity index (χ3n) is 5.95. The number of hydrogen-bond donors (Lipinski definition) is 1. The first-order chi connectivity index (χ1) is 17.0. The molecule has 194 valence electrons. The second-order valence-electron chi connectivity index (χ2n) is 8.58. The van der Waals surface area contributed by atoms with Gasteiger partial charge in [-0.25, -0.2) is 13.6 Å². The molecule has 0 bridgehead atoms. The molecule has 36 heavy (non-hydrogen) atoms. The third kappa shape index (κ3) is 6.11. The highest BCUT2D eigenvalue weighted by atomic mass is 35.5. The SMILES string of the molecule is CC(=O)NC[C@H]1CN(c2cc(F)c(N3CCP(=O)(OCc4ccc(Cl)c(Cl)c4)CC3)c(F)c2)C(=O)O1. The first kappa shape index (κ1) is 26.7. The van der Waals surface area contributed by atoms with Gasteiger partial charge in [0.15, 0.2) is 11.6 Å². The van der Waals surface area contributed by atoms with Crippen molar-refractivity contribution >= 4 is 53.9 Å². The van der Waals surface area contributed by atoms with Gasteiger partial charge in [0.1, 0.15) is 11.8 Å². The largest absolute Gasteiger partial charge is 0.442 e. The monoisotopic (exact) mass is 561 g/mol. The number of nitrogens with zero attached hydrogens (tertiary/aromatic N) is 2. The molecule has 0 radical (unpaired) electrons. The van der Waals surface area contributed by atoms with E-state index in [4.69, 9.17) is 32.5 Å². The van der Waals surface area contributed by atoms with Crippen LogP contribution < -0.4 is 15.1 Å². The van der Waals surface area contributed by atoms with Gasteiger partial charge in [-0.1, -0.05) is 29.3 Å². The van der Waals surface area contributed by atoms with E-state index in [2.05, 4.69) is 5.32 Å². The summed E-state index contributed by atoms with van der Waals surface area (Å²) >= 11 is 11.9. The molecule has 2 aromatic carbocycles. The van der Waals surface area contributed by atoms with Crippen molar-refractivity contribution in [1.29, 1.82) is 0 Å². The fourth-order valence-electron chi connectivity index (χ4n) is 4.05. The standard InChI is InChI=1S/C23H24Cl2F2N3O5P/c1-14(31)28-11-17-12-30(23(32)35-17)16-9-20(26)22(21(27)10-16)29-4-6-36(33,7-5-29)34-13-15-2-3-18(24)19(25)8-15/h2-3,8-10,17H,4-7,11-13H2,1H3,(H,28,31)/t17-/m0/s1. The van der Waals surface area contributed by atoms with Gasteiger partial charge >= 0.3 is 6.09 Å². The topological polar surface area (TPSA) is 88.2 Å². The van der Waals surface area contributed by atoms with Crippen LogP contribution >= 0.6 is 30.6 Å². The molecule has 2 aliphatic heterocycles. The molecule has 4 rings (SSSR count). The highest BCUT2D eigenvalue weighted by molar-refractivity contribution is 7.59. The van der Waals surface area contributed by atoms with Gasteiger partial charge in [-0.05, 0) is 17.7 Å². The number of ether oxygens (including phenoxy) is 1. The van der Waals surface area contributed by atoms with E-state index in [0.29, 0.717) is 10.0 Å². The maximum Gasteiger partial charge on any atom is 0.414 e. The summed E-state index contributed by atoms with van der Waals surface area (Å²) in [5.74, 6) is -1.98. The van der Waals surface area contributed by atoms with Crippen LogP contribution in [0.3, 0.4) is 0 Å². The smallest absolute Gasteiger partial charge is 0.414 e. The van der Waals surface area contributed by atoms with Crippen LogP contribution in [0.2, 0.25) is 10.0 Å². The van der Waals surface area contributed by atoms with E-state index in [1.54, 1.807) is 18.2 Å². The quantitative estimate of drug-likeness (QED) is 0.476. The van der Waals surface area contributed by atoms with Crippen LogP contribution in [0.25, 0.3) is 0 Å². The summed E-state index contributed by atoms with van der Waals surface area (Å²) in [6.07, 6.45) is -1.14. The minimum absolute atomic E-state index is 0.0108. The number of rotatable bonds is 7. The Balaban J connectivity index is 1.39. The van der Waals surface area contributed by atoms with Crippen molar-refractivity contribution < 1.29 is 32.2 Å². The third-order valence-corrected chi connectivity index (χ3v) is 9.06. The van der Waals surface area contributed by atoms with Crippen LogP contribution in [0, 0.1) is 11.6 Å². The highest BCUT2D eigenvalue weighted by Gasteiger charge is 2.35. The molecule has 0 aliphatic carbocycles. The number of carbonyl (C=O) groups is 2. The van der Waals surface area contributed by atoms with Crippen molar-refractivity contribution in [3.8, 4) is 0 Å². The van der Waals surface area contributed by atoms with Crippen molar-refractivity contribution in [3.63, 3.8) is 0 Å². The van der Waals surface area contributed by atoms with E-state index in [0.717, 1.165) is 22.6 Å². The van der Waals surface area contributed by atoms with Gasteiger partial charge < -0.3 is 19.5 Å². The van der Waals surface area contributed by atoms with Crippen LogP contribution in [0.4, 0.5) is 25.0 Å². The number of nitrogens with one attached hydrogen (secondary N) is 1. The summed E-state index contributed by atoms with van der Waals surface area (Å²) in [6, 6.07) is 7.12. The van der Waals surface area contributed by atoms with E-state index >= 15 is 8.78 Å². The Labute approximate surface area is 216 Å². The number of cyclic esters (lactones) is 1. The molecule has 0 saturated carbocycles. The first-order valence-corrected chi connectivity index (χ1v) is 13.9. The zero-order valence-electron chi connectivity index (χ0n) is 19.3. The minimum atomic E-state index is -3.01. The minimum Gasteiger partial charge on any atom is -0.442 e. The maximum absolute atomic E-state index is 15.0. The molecule has 8 nitrogen and oxygen atoms in total. The molecule has 2 amide bonds. The molecule has 0 spiro atoms. The summed E-state index contributed by atoms with van der Waals surface area (Å²) in [7, 11) is -3.01. The van der Waals surface area contributed by atoms with Crippen LogP contribution in [-0.4, -0.2) is 56.6 Å². The average molecular weight is 562 g/mol. The molecule has 2 heterocycles. The zero-order valence-corrected chi connectivity index (χ0v) is 21.7. The lowest BCUT2D eigenvalue weighted by Gasteiger charge is -2.34. The van der Waals surface area contributed by atoms with Gasteiger partial charge in [0.25, 0.3) is 0 Å². The van der Waals surface area contributed by atoms with E-state index in [9.17, 15) is 14.2 Å².